The molecule has 1 aliphatic heterocycles. The summed E-state index contributed by atoms with van der Waals surface area (Å²) in [7, 11) is 0. The molecular formula is C13H22N2OS. The number of aryl methyl sites for hydroxylation is 1. The fourth-order valence-electron chi connectivity index (χ4n) is 2.05. The fraction of sp³-hybridized carbons (Fsp3) is 0.692. The molecule has 0 atom stereocenters. The maximum atomic E-state index is 5.44. The highest BCUT2D eigenvalue weighted by atomic mass is 32.1. The first kappa shape index (κ1) is 13.0. The standard InChI is InChI=1S/C13H22N2OS/c1-12-3-4-13(17-12)11-14-5-7-15-6-2-9-16-10-8-15/h3-4,14H,2,5-11H2,1H3. The van der Waals surface area contributed by atoms with Crippen molar-refractivity contribution in [2.75, 3.05) is 39.4 Å². The van der Waals surface area contributed by atoms with Gasteiger partial charge in [-0.15, -0.1) is 11.3 Å². The number of thiophene rings is 1. The lowest BCUT2D eigenvalue weighted by atomic mass is 10.4. The van der Waals surface area contributed by atoms with Crippen LogP contribution in [-0.2, 0) is 11.3 Å². The SMILES string of the molecule is Cc1ccc(CNCCN2CCCOCC2)s1. The number of nitrogens with one attached hydrogen (secondary N) is 1. The highest BCUT2D eigenvalue weighted by molar-refractivity contribution is 7.11. The minimum Gasteiger partial charge on any atom is -0.380 e. The molecule has 0 aliphatic carbocycles. The third-order valence-electron chi connectivity index (χ3n) is 3.01. The molecule has 1 fully saturated rings. The van der Waals surface area contributed by atoms with Gasteiger partial charge in [0.25, 0.3) is 0 Å². The first-order valence-electron chi connectivity index (χ1n) is 6.41. The first-order chi connectivity index (χ1) is 8.34. The molecule has 1 aliphatic rings. The molecular weight excluding hydrogens is 232 g/mol. The van der Waals surface area contributed by atoms with E-state index in [-0.39, 0.29) is 0 Å². The molecule has 17 heavy (non-hydrogen) atoms. The van der Waals surface area contributed by atoms with Gasteiger partial charge in [-0.3, -0.25) is 4.90 Å². The van der Waals surface area contributed by atoms with E-state index in [4.69, 9.17) is 4.74 Å². The van der Waals surface area contributed by atoms with Gasteiger partial charge in [0.1, 0.15) is 0 Å². The Morgan fingerprint density at radius 3 is 3.12 bits per heavy atom. The van der Waals surface area contributed by atoms with Gasteiger partial charge in [-0.1, -0.05) is 0 Å². The van der Waals surface area contributed by atoms with Crippen LogP contribution in [0.1, 0.15) is 16.2 Å². The summed E-state index contributed by atoms with van der Waals surface area (Å²) in [5.74, 6) is 0. The molecule has 4 heteroatoms. The zero-order valence-electron chi connectivity index (χ0n) is 10.6. The van der Waals surface area contributed by atoms with Gasteiger partial charge in [0.05, 0.1) is 6.61 Å². The molecule has 0 saturated carbocycles. The molecule has 0 radical (unpaired) electrons. The van der Waals surface area contributed by atoms with Gasteiger partial charge in [0, 0.05) is 49.1 Å². The van der Waals surface area contributed by atoms with Crippen molar-refractivity contribution in [3.8, 4) is 0 Å². The second kappa shape index (κ2) is 7.11. The Hall–Kier alpha value is -0.420. The summed E-state index contributed by atoms with van der Waals surface area (Å²) in [6, 6.07) is 4.40. The summed E-state index contributed by atoms with van der Waals surface area (Å²) in [6.07, 6.45) is 1.17. The normalized spacial score (nSPS) is 18.2. The maximum absolute atomic E-state index is 5.44. The Bertz CT molecular complexity index is 319. The van der Waals surface area contributed by atoms with Crippen molar-refractivity contribution in [1.29, 1.82) is 0 Å². The van der Waals surface area contributed by atoms with Crippen molar-refractivity contribution in [3.63, 3.8) is 0 Å². The molecule has 2 heterocycles. The summed E-state index contributed by atoms with van der Waals surface area (Å²) in [6.45, 7) is 9.45. The van der Waals surface area contributed by atoms with E-state index in [1.165, 1.54) is 22.7 Å². The van der Waals surface area contributed by atoms with Gasteiger partial charge in [0.15, 0.2) is 0 Å². The minimum absolute atomic E-state index is 0.893. The third-order valence-corrected chi connectivity index (χ3v) is 4.02. The molecule has 0 spiro atoms. The van der Waals surface area contributed by atoms with Crippen LogP contribution in [-0.4, -0.2) is 44.3 Å². The highest BCUT2D eigenvalue weighted by Gasteiger charge is 2.07. The van der Waals surface area contributed by atoms with E-state index in [9.17, 15) is 0 Å². The predicted octanol–water partition coefficient (Wildman–Crippen LogP) is 1.87. The molecule has 2 rings (SSSR count). The largest absolute Gasteiger partial charge is 0.380 e. The lowest BCUT2D eigenvalue weighted by Crippen LogP contribution is -2.33. The molecule has 3 nitrogen and oxygen atoms in total. The van der Waals surface area contributed by atoms with Gasteiger partial charge < -0.3 is 10.1 Å². The van der Waals surface area contributed by atoms with Crippen molar-refractivity contribution in [2.45, 2.75) is 19.9 Å². The second-order valence-corrected chi connectivity index (χ2v) is 5.87. The molecule has 0 unspecified atom stereocenters. The predicted molar refractivity (Wildman–Crippen MR) is 72.6 cm³/mol. The highest BCUT2D eigenvalue weighted by Crippen LogP contribution is 2.14. The first-order valence-corrected chi connectivity index (χ1v) is 7.22. The number of hydrogen-bond acceptors (Lipinski definition) is 4. The van der Waals surface area contributed by atoms with Crippen LogP contribution in [0, 0.1) is 6.92 Å². The van der Waals surface area contributed by atoms with Crippen molar-refractivity contribution in [3.05, 3.63) is 21.9 Å². The van der Waals surface area contributed by atoms with Crippen LogP contribution in [0.2, 0.25) is 0 Å². The quantitative estimate of drug-likeness (QED) is 0.812. The molecule has 1 aromatic rings. The van der Waals surface area contributed by atoms with Crippen molar-refractivity contribution >= 4 is 11.3 Å². The van der Waals surface area contributed by atoms with Crippen LogP contribution in [0.25, 0.3) is 0 Å². The molecule has 1 saturated heterocycles. The Balaban J connectivity index is 1.59. The average Bonchev–Trinajstić information content (AvgIpc) is 2.59. The third kappa shape index (κ3) is 4.76. The molecule has 0 amide bonds. The van der Waals surface area contributed by atoms with Crippen molar-refractivity contribution in [1.82, 2.24) is 10.2 Å². The maximum Gasteiger partial charge on any atom is 0.0593 e. The number of hydrogen-bond donors (Lipinski definition) is 1. The van der Waals surface area contributed by atoms with E-state index in [1.807, 2.05) is 11.3 Å². The van der Waals surface area contributed by atoms with Crippen LogP contribution >= 0.6 is 11.3 Å². The lowest BCUT2D eigenvalue weighted by molar-refractivity contribution is 0.141. The summed E-state index contributed by atoms with van der Waals surface area (Å²) in [5.41, 5.74) is 0. The van der Waals surface area contributed by atoms with E-state index >= 15 is 0 Å². The minimum atomic E-state index is 0.893. The second-order valence-electron chi connectivity index (χ2n) is 4.50. The van der Waals surface area contributed by atoms with Gasteiger partial charge >= 0.3 is 0 Å². The molecule has 96 valence electrons. The van der Waals surface area contributed by atoms with Gasteiger partial charge in [-0.2, -0.15) is 0 Å². The van der Waals surface area contributed by atoms with Crippen LogP contribution in [0.3, 0.4) is 0 Å². The van der Waals surface area contributed by atoms with Gasteiger partial charge in [0.2, 0.25) is 0 Å². The topological polar surface area (TPSA) is 24.5 Å². The van der Waals surface area contributed by atoms with Crippen LogP contribution in [0.4, 0.5) is 0 Å². The average molecular weight is 254 g/mol. The van der Waals surface area contributed by atoms with Gasteiger partial charge in [-0.25, -0.2) is 0 Å². The lowest BCUT2D eigenvalue weighted by Gasteiger charge is -2.18. The summed E-state index contributed by atoms with van der Waals surface area (Å²) in [5, 5.41) is 3.51. The number of rotatable bonds is 5. The van der Waals surface area contributed by atoms with E-state index < -0.39 is 0 Å². The summed E-state index contributed by atoms with van der Waals surface area (Å²) >= 11 is 1.88. The fourth-order valence-corrected chi connectivity index (χ4v) is 2.91. The van der Waals surface area contributed by atoms with Crippen LogP contribution in [0.5, 0.6) is 0 Å². The smallest absolute Gasteiger partial charge is 0.0593 e. The Labute approximate surface area is 108 Å². The van der Waals surface area contributed by atoms with Gasteiger partial charge in [-0.05, 0) is 25.5 Å². The molecule has 0 bridgehead atoms. The van der Waals surface area contributed by atoms with Crippen molar-refractivity contribution in [2.24, 2.45) is 0 Å². The summed E-state index contributed by atoms with van der Waals surface area (Å²) < 4.78 is 5.44. The van der Waals surface area contributed by atoms with E-state index in [1.54, 1.807) is 0 Å². The van der Waals surface area contributed by atoms with Crippen molar-refractivity contribution < 1.29 is 4.74 Å². The van der Waals surface area contributed by atoms with E-state index in [0.29, 0.717) is 0 Å². The molecule has 1 aromatic heterocycles. The monoisotopic (exact) mass is 254 g/mol. The van der Waals surface area contributed by atoms with E-state index in [2.05, 4.69) is 29.3 Å². The summed E-state index contributed by atoms with van der Waals surface area (Å²) in [4.78, 5) is 5.31. The molecule has 0 aromatic carbocycles. The van der Waals surface area contributed by atoms with E-state index in [0.717, 1.165) is 39.4 Å². The zero-order valence-corrected chi connectivity index (χ0v) is 11.4. The Morgan fingerprint density at radius 1 is 1.35 bits per heavy atom. The number of ether oxygens (including phenoxy) is 1. The molecule has 1 N–H and O–H groups in total. The van der Waals surface area contributed by atoms with Crippen LogP contribution in [0.15, 0.2) is 12.1 Å². The van der Waals surface area contributed by atoms with Crippen LogP contribution < -0.4 is 5.32 Å². The number of nitrogens with zero attached hydrogens (tertiary/aromatic N) is 1. The Kier molecular flexibility index (Phi) is 5.45. The zero-order chi connectivity index (χ0) is 11.9. The Morgan fingerprint density at radius 2 is 2.29 bits per heavy atom.